The lowest BCUT2D eigenvalue weighted by atomic mass is 10.2. The van der Waals surface area contributed by atoms with E-state index in [4.69, 9.17) is 9.15 Å². The number of hydrogen-bond acceptors (Lipinski definition) is 6. The molecule has 0 radical (unpaired) electrons. The molecule has 0 fully saturated rings. The van der Waals surface area contributed by atoms with E-state index in [9.17, 15) is 13.2 Å². The summed E-state index contributed by atoms with van der Waals surface area (Å²) >= 11 is 0. The Bertz CT molecular complexity index is 556. The predicted molar refractivity (Wildman–Crippen MR) is 65.1 cm³/mol. The van der Waals surface area contributed by atoms with E-state index < -0.39 is 20.6 Å². The molecule has 0 spiro atoms. The van der Waals surface area contributed by atoms with E-state index in [2.05, 4.69) is 4.98 Å². The summed E-state index contributed by atoms with van der Waals surface area (Å²) in [5.74, 6) is -0.702. The van der Waals surface area contributed by atoms with E-state index in [0.717, 1.165) is 6.26 Å². The van der Waals surface area contributed by atoms with E-state index >= 15 is 0 Å². The Kier molecular flexibility index (Phi) is 3.85. The average Bonchev–Trinajstić information content (AvgIpc) is 2.59. The van der Waals surface area contributed by atoms with E-state index in [1.54, 1.807) is 13.8 Å². The molecule has 0 aromatic carbocycles. The second-order valence-corrected chi connectivity index (χ2v) is 7.00. The number of esters is 1. The van der Waals surface area contributed by atoms with Crippen molar-refractivity contribution < 1.29 is 22.4 Å². The zero-order valence-electron chi connectivity index (χ0n) is 11.1. The second-order valence-electron chi connectivity index (χ2n) is 4.44. The fraction of sp³-hybridized carbons (Fsp3) is 0.636. The molecular weight excluding hydrogens is 258 g/mol. The number of aryl methyl sites for hydroxylation is 1. The maximum atomic E-state index is 11.7. The second kappa shape index (κ2) is 4.72. The summed E-state index contributed by atoms with van der Waals surface area (Å²) in [6.07, 6.45) is 1.09. The van der Waals surface area contributed by atoms with Crippen molar-refractivity contribution in [2.45, 2.75) is 32.4 Å². The minimum absolute atomic E-state index is 0.00875. The molecule has 0 unspecified atom stereocenters. The molecule has 1 aromatic heterocycles. The van der Waals surface area contributed by atoms with Crippen molar-refractivity contribution in [1.82, 2.24) is 4.98 Å². The Hall–Kier alpha value is -1.37. The largest absolute Gasteiger partial charge is 0.460 e. The van der Waals surface area contributed by atoms with Crippen LogP contribution >= 0.6 is 0 Å². The predicted octanol–water partition coefficient (Wildman–Crippen LogP) is 1.44. The lowest BCUT2D eigenvalue weighted by Crippen LogP contribution is -2.28. The Morgan fingerprint density at radius 2 is 2.00 bits per heavy atom. The van der Waals surface area contributed by atoms with Crippen molar-refractivity contribution in [2.75, 3.05) is 12.9 Å². The van der Waals surface area contributed by atoms with Crippen LogP contribution in [0.2, 0.25) is 0 Å². The van der Waals surface area contributed by atoms with Gasteiger partial charge in [0.25, 0.3) is 0 Å². The molecule has 0 aliphatic heterocycles. The number of sulfone groups is 1. The summed E-state index contributed by atoms with van der Waals surface area (Å²) in [7, 11) is -3.41. The monoisotopic (exact) mass is 275 g/mol. The van der Waals surface area contributed by atoms with Gasteiger partial charge in [-0.1, -0.05) is 0 Å². The van der Waals surface area contributed by atoms with Gasteiger partial charge in [-0.15, -0.1) is 0 Å². The molecule has 1 aromatic rings. The molecule has 0 bridgehead atoms. The van der Waals surface area contributed by atoms with Crippen LogP contribution in [0.15, 0.2) is 4.42 Å². The van der Waals surface area contributed by atoms with Gasteiger partial charge in [-0.2, -0.15) is 0 Å². The van der Waals surface area contributed by atoms with Gasteiger partial charge in [-0.05, 0) is 27.7 Å². The summed E-state index contributed by atoms with van der Waals surface area (Å²) in [6.45, 7) is 6.40. The molecule has 0 N–H and O–H groups in total. The van der Waals surface area contributed by atoms with Gasteiger partial charge in [0.05, 0.1) is 12.3 Å². The molecule has 0 aliphatic carbocycles. The van der Waals surface area contributed by atoms with Crippen LogP contribution < -0.4 is 0 Å². The Labute approximate surface area is 106 Å². The van der Waals surface area contributed by atoms with Gasteiger partial charge in [0.1, 0.15) is 4.75 Å². The first-order chi connectivity index (χ1) is 8.11. The zero-order chi connectivity index (χ0) is 14.1. The number of nitrogens with zero attached hydrogens (tertiary/aromatic N) is 1. The quantitative estimate of drug-likeness (QED) is 0.773. The summed E-state index contributed by atoms with van der Waals surface area (Å²) in [4.78, 5) is 15.6. The minimum atomic E-state index is -3.41. The van der Waals surface area contributed by atoms with Crippen LogP contribution in [0.1, 0.15) is 42.9 Å². The maximum Gasteiger partial charge on any atom is 0.376 e. The van der Waals surface area contributed by atoms with Crippen molar-refractivity contribution in [1.29, 1.82) is 0 Å². The minimum Gasteiger partial charge on any atom is -0.460 e. The Morgan fingerprint density at radius 1 is 1.44 bits per heavy atom. The third kappa shape index (κ3) is 2.55. The van der Waals surface area contributed by atoms with Crippen LogP contribution in [0.3, 0.4) is 0 Å². The number of carbonyl (C=O) groups excluding carboxylic acids is 1. The van der Waals surface area contributed by atoms with Crippen LogP contribution in [0.25, 0.3) is 0 Å². The van der Waals surface area contributed by atoms with Crippen LogP contribution in [0.5, 0.6) is 0 Å². The third-order valence-corrected chi connectivity index (χ3v) is 4.73. The van der Waals surface area contributed by atoms with E-state index in [0.29, 0.717) is 5.69 Å². The van der Waals surface area contributed by atoms with Crippen LogP contribution in [-0.2, 0) is 19.3 Å². The van der Waals surface area contributed by atoms with E-state index in [1.165, 1.54) is 13.8 Å². The van der Waals surface area contributed by atoms with Crippen LogP contribution in [0.4, 0.5) is 0 Å². The lowest BCUT2D eigenvalue weighted by molar-refractivity contribution is 0.0486. The SMILES string of the molecule is CCOC(=O)c1oc(C(C)(C)S(C)(=O)=O)nc1C. The highest BCUT2D eigenvalue weighted by Gasteiger charge is 2.38. The third-order valence-electron chi connectivity index (χ3n) is 2.70. The maximum absolute atomic E-state index is 11.7. The molecule has 0 saturated heterocycles. The zero-order valence-corrected chi connectivity index (χ0v) is 11.9. The number of aromatic nitrogens is 1. The average molecular weight is 275 g/mol. The van der Waals surface area contributed by atoms with Crippen molar-refractivity contribution in [3.8, 4) is 0 Å². The van der Waals surface area contributed by atoms with Crippen molar-refractivity contribution in [3.05, 3.63) is 17.3 Å². The van der Waals surface area contributed by atoms with Gasteiger partial charge in [-0.25, -0.2) is 18.2 Å². The summed E-state index contributed by atoms with van der Waals surface area (Å²) in [5, 5.41) is 0. The van der Waals surface area contributed by atoms with Crippen LogP contribution in [-0.4, -0.2) is 32.2 Å². The summed E-state index contributed by atoms with van der Waals surface area (Å²) < 4.78 is 32.1. The van der Waals surface area contributed by atoms with Crippen molar-refractivity contribution >= 4 is 15.8 Å². The summed E-state index contributed by atoms with van der Waals surface area (Å²) in [6, 6.07) is 0. The first-order valence-corrected chi connectivity index (χ1v) is 7.35. The number of oxazole rings is 1. The van der Waals surface area contributed by atoms with Gasteiger partial charge in [0.15, 0.2) is 9.84 Å². The molecule has 1 heterocycles. The standard InChI is InChI=1S/C11H17NO5S/c1-6-16-9(13)8-7(2)12-10(17-8)11(3,4)18(5,14)15/h6H2,1-5H3. The molecule has 18 heavy (non-hydrogen) atoms. The highest BCUT2D eigenvalue weighted by Crippen LogP contribution is 2.29. The van der Waals surface area contributed by atoms with E-state index in [-0.39, 0.29) is 18.3 Å². The highest BCUT2D eigenvalue weighted by atomic mass is 32.2. The number of carbonyl (C=O) groups is 1. The van der Waals surface area contributed by atoms with Gasteiger partial charge in [-0.3, -0.25) is 0 Å². The first-order valence-electron chi connectivity index (χ1n) is 5.46. The van der Waals surface area contributed by atoms with Gasteiger partial charge >= 0.3 is 5.97 Å². The van der Waals surface area contributed by atoms with Crippen LogP contribution in [0, 0.1) is 6.92 Å². The Balaban J connectivity index is 3.24. The molecule has 1 rings (SSSR count). The van der Waals surface area contributed by atoms with Gasteiger partial charge < -0.3 is 9.15 Å². The number of rotatable bonds is 4. The fourth-order valence-electron chi connectivity index (χ4n) is 1.20. The molecule has 6 nitrogen and oxygen atoms in total. The van der Waals surface area contributed by atoms with Crippen molar-refractivity contribution in [2.24, 2.45) is 0 Å². The first kappa shape index (κ1) is 14.7. The van der Waals surface area contributed by atoms with Gasteiger partial charge in [0, 0.05) is 6.26 Å². The fourth-order valence-corrected chi connectivity index (χ4v) is 1.60. The molecule has 102 valence electrons. The topological polar surface area (TPSA) is 86.5 Å². The smallest absolute Gasteiger partial charge is 0.376 e. The molecule has 0 amide bonds. The molecule has 0 saturated carbocycles. The molecule has 0 aliphatic rings. The number of hydrogen-bond donors (Lipinski definition) is 0. The lowest BCUT2D eigenvalue weighted by Gasteiger charge is -2.17. The number of ether oxygens (including phenoxy) is 1. The van der Waals surface area contributed by atoms with Crippen molar-refractivity contribution in [3.63, 3.8) is 0 Å². The molecule has 7 heteroatoms. The highest BCUT2D eigenvalue weighted by molar-refractivity contribution is 7.91. The molecular formula is C11H17NO5S. The van der Waals surface area contributed by atoms with E-state index in [1.807, 2.05) is 0 Å². The normalized spacial score (nSPS) is 12.5. The summed E-state index contributed by atoms with van der Waals surface area (Å²) in [5.41, 5.74) is 0.320. The van der Waals surface area contributed by atoms with Gasteiger partial charge in [0.2, 0.25) is 11.7 Å². The Morgan fingerprint density at radius 3 is 2.44 bits per heavy atom. The molecule has 0 atom stereocenters.